The monoisotopic (exact) mass is 580 g/mol. The van der Waals surface area contributed by atoms with Crippen molar-refractivity contribution >= 4 is 24.7 Å². The number of nitrogens with zero attached hydrogens (tertiary/aromatic N) is 7. The van der Waals surface area contributed by atoms with Gasteiger partial charge in [0.15, 0.2) is 17.7 Å². The molecule has 5 atom stereocenters. The Labute approximate surface area is 228 Å². The van der Waals surface area contributed by atoms with Crippen LogP contribution in [0.15, 0.2) is 28.4 Å². The van der Waals surface area contributed by atoms with Crippen LogP contribution in [0.2, 0.25) is 0 Å². The van der Waals surface area contributed by atoms with E-state index in [-0.39, 0.29) is 32.1 Å². The number of H-pyrrole nitrogens is 1. The van der Waals surface area contributed by atoms with Crippen LogP contribution in [0.5, 0.6) is 0 Å². The summed E-state index contributed by atoms with van der Waals surface area (Å²) in [6.07, 6.45) is 1.70. The van der Waals surface area contributed by atoms with Gasteiger partial charge in [-0.3, -0.25) is 23.5 Å². The molecule has 2 fully saturated rings. The Hall–Kier alpha value is -3.02. The average Bonchev–Trinajstić information content (AvgIpc) is 3.39. The SMILES string of the molecule is Cc1cn(C2CN([P@@](=O)(OCC3CNCC(n4cnc5c(N)ncnc54)O3)N(C)C)CC(CO)O2)c(=O)[nH]c1=O. The Morgan fingerprint density at radius 1 is 1.15 bits per heavy atom. The summed E-state index contributed by atoms with van der Waals surface area (Å²) in [5, 5.41) is 13.2. The molecule has 218 valence electrons. The van der Waals surface area contributed by atoms with Crippen molar-refractivity contribution < 1.29 is 23.7 Å². The number of fused-ring (bicyclic) bond motifs is 1. The maximum Gasteiger partial charge on any atom is 0.345 e. The number of nitrogens with one attached hydrogen (secondary N) is 2. The van der Waals surface area contributed by atoms with Gasteiger partial charge in [0.25, 0.3) is 5.56 Å². The lowest BCUT2D eigenvalue weighted by Crippen LogP contribution is -2.50. The van der Waals surface area contributed by atoms with E-state index in [1.54, 1.807) is 36.6 Å². The number of aliphatic hydroxyl groups excluding tert-OH is 1. The Balaban J connectivity index is 1.33. The zero-order valence-corrected chi connectivity index (χ0v) is 23.2. The molecule has 2 aliphatic rings. The summed E-state index contributed by atoms with van der Waals surface area (Å²) >= 11 is 0. The summed E-state index contributed by atoms with van der Waals surface area (Å²) in [4.78, 5) is 39.2. The van der Waals surface area contributed by atoms with E-state index in [0.717, 1.165) is 0 Å². The van der Waals surface area contributed by atoms with E-state index < -0.39 is 43.6 Å². The third-order valence-corrected chi connectivity index (χ3v) is 9.36. The third-order valence-electron chi connectivity index (χ3n) is 6.82. The number of nitrogen functional groups attached to an aromatic ring is 1. The quantitative estimate of drug-likeness (QED) is 0.227. The molecule has 17 nitrogen and oxygen atoms in total. The number of morpholine rings is 2. The number of nitrogens with two attached hydrogens (primary N) is 1. The number of hydrogen-bond acceptors (Lipinski definition) is 12. The zero-order valence-electron chi connectivity index (χ0n) is 22.3. The van der Waals surface area contributed by atoms with Gasteiger partial charge in [-0.1, -0.05) is 0 Å². The number of hydrogen-bond donors (Lipinski definition) is 4. The Kier molecular flexibility index (Phi) is 8.17. The number of ether oxygens (including phenoxy) is 2. The number of imidazole rings is 1. The number of anilines is 1. The summed E-state index contributed by atoms with van der Waals surface area (Å²) < 4.78 is 38.5. The second kappa shape index (κ2) is 11.5. The van der Waals surface area contributed by atoms with Crippen molar-refractivity contribution in [2.75, 3.05) is 59.2 Å². The van der Waals surface area contributed by atoms with Crippen molar-refractivity contribution in [2.45, 2.75) is 31.6 Å². The largest absolute Gasteiger partial charge is 0.394 e. The van der Waals surface area contributed by atoms with Gasteiger partial charge in [0.05, 0.1) is 38.3 Å². The second-order valence-electron chi connectivity index (χ2n) is 9.83. The van der Waals surface area contributed by atoms with Gasteiger partial charge in [0.1, 0.15) is 18.1 Å². The Morgan fingerprint density at radius 3 is 2.67 bits per heavy atom. The maximum atomic E-state index is 14.3. The minimum Gasteiger partial charge on any atom is -0.394 e. The van der Waals surface area contributed by atoms with Crippen molar-refractivity contribution in [1.82, 2.24) is 43.7 Å². The van der Waals surface area contributed by atoms with Gasteiger partial charge >= 0.3 is 13.4 Å². The molecular weight excluding hydrogens is 547 g/mol. The van der Waals surface area contributed by atoms with Crippen molar-refractivity contribution in [3.05, 3.63) is 45.3 Å². The van der Waals surface area contributed by atoms with Crippen molar-refractivity contribution in [1.29, 1.82) is 0 Å². The standard InChI is InChI=1S/C22H33N10O7P/c1-13-6-31(22(35)28-21(13)34)17-8-30(7-15(9-33)39-17)40(36,29(2)3)37-10-14-4-24-5-16(38-14)32-12-27-18-19(23)25-11-26-20(18)32/h6,11-12,14-17,24,33H,4-5,7-10H2,1-3H3,(H2,23,25,26)(H,28,34,35)/t14?,15?,16?,17?,40-/m0/s1. The van der Waals surface area contributed by atoms with Gasteiger partial charge in [0, 0.05) is 31.4 Å². The molecule has 0 bridgehead atoms. The lowest BCUT2D eigenvalue weighted by Gasteiger charge is -2.43. The highest BCUT2D eigenvalue weighted by Crippen LogP contribution is 2.54. The third kappa shape index (κ3) is 5.46. The molecule has 2 aliphatic heterocycles. The molecule has 0 aromatic carbocycles. The number of rotatable bonds is 8. The van der Waals surface area contributed by atoms with E-state index in [9.17, 15) is 19.3 Å². The molecule has 3 aromatic rings. The first-order valence-electron chi connectivity index (χ1n) is 12.7. The van der Waals surface area contributed by atoms with E-state index in [0.29, 0.717) is 29.8 Å². The smallest absolute Gasteiger partial charge is 0.345 e. The molecule has 0 aliphatic carbocycles. The predicted molar refractivity (Wildman–Crippen MR) is 142 cm³/mol. The first-order valence-corrected chi connectivity index (χ1v) is 14.2. The lowest BCUT2D eigenvalue weighted by atomic mass is 10.3. The van der Waals surface area contributed by atoms with Gasteiger partial charge < -0.3 is 30.2 Å². The number of aliphatic hydroxyl groups is 1. The van der Waals surface area contributed by atoms with E-state index in [1.807, 2.05) is 0 Å². The van der Waals surface area contributed by atoms with Crippen LogP contribution in [0.4, 0.5) is 5.82 Å². The molecular formula is C22H33N10O7P. The normalized spacial score (nSPS) is 25.8. The molecule has 4 unspecified atom stereocenters. The molecule has 5 rings (SSSR count). The van der Waals surface area contributed by atoms with E-state index in [2.05, 4.69) is 25.3 Å². The number of aromatic amines is 1. The first-order chi connectivity index (χ1) is 19.1. The molecule has 5 heterocycles. The highest BCUT2D eigenvalue weighted by atomic mass is 31.2. The predicted octanol–water partition coefficient (Wildman–Crippen LogP) is -1.37. The van der Waals surface area contributed by atoms with Crippen LogP contribution in [0.25, 0.3) is 11.2 Å². The maximum absolute atomic E-state index is 14.3. The molecule has 5 N–H and O–H groups in total. The van der Waals surface area contributed by atoms with Gasteiger partial charge in [-0.25, -0.2) is 29.1 Å². The minimum absolute atomic E-state index is 0.00585. The van der Waals surface area contributed by atoms with E-state index in [1.165, 1.54) is 21.8 Å². The second-order valence-corrected chi connectivity index (χ2v) is 12.4. The fourth-order valence-corrected chi connectivity index (χ4v) is 6.71. The molecule has 0 spiro atoms. The van der Waals surface area contributed by atoms with Gasteiger partial charge in [-0.05, 0) is 21.0 Å². The summed E-state index contributed by atoms with van der Waals surface area (Å²) in [7, 11) is -0.429. The van der Waals surface area contributed by atoms with E-state index >= 15 is 0 Å². The molecule has 0 saturated carbocycles. The number of aromatic nitrogens is 6. The van der Waals surface area contributed by atoms with Crippen molar-refractivity contribution in [3.8, 4) is 0 Å². The zero-order chi connectivity index (χ0) is 28.6. The molecule has 40 heavy (non-hydrogen) atoms. The molecule has 2 saturated heterocycles. The molecule has 3 aromatic heterocycles. The van der Waals surface area contributed by atoms with Crippen LogP contribution < -0.4 is 22.3 Å². The fraction of sp³-hybridized carbons (Fsp3) is 0.591. The lowest BCUT2D eigenvalue weighted by molar-refractivity contribution is -0.124. The average molecular weight is 581 g/mol. The summed E-state index contributed by atoms with van der Waals surface area (Å²) in [5.41, 5.74) is 6.04. The summed E-state index contributed by atoms with van der Waals surface area (Å²) in [5.74, 6) is 0.267. The summed E-state index contributed by atoms with van der Waals surface area (Å²) in [6, 6.07) is 0. The summed E-state index contributed by atoms with van der Waals surface area (Å²) in [6.45, 7) is 2.19. The first kappa shape index (κ1) is 28.5. The fourth-order valence-electron chi connectivity index (χ4n) is 4.72. The van der Waals surface area contributed by atoms with Crippen LogP contribution in [0, 0.1) is 6.92 Å². The van der Waals surface area contributed by atoms with Crippen LogP contribution in [0.1, 0.15) is 18.0 Å². The van der Waals surface area contributed by atoms with Gasteiger partial charge in [-0.2, -0.15) is 0 Å². The molecule has 0 radical (unpaired) electrons. The van der Waals surface area contributed by atoms with Crippen molar-refractivity contribution in [3.63, 3.8) is 0 Å². The van der Waals surface area contributed by atoms with E-state index in [4.69, 9.17) is 19.7 Å². The Morgan fingerprint density at radius 2 is 1.93 bits per heavy atom. The van der Waals surface area contributed by atoms with Gasteiger partial charge in [-0.15, -0.1) is 0 Å². The van der Waals surface area contributed by atoms with Crippen LogP contribution in [-0.2, 0) is 18.6 Å². The molecule has 18 heteroatoms. The van der Waals surface area contributed by atoms with Crippen LogP contribution in [-0.4, -0.2) is 109 Å². The minimum atomic E-state index is -3.68. The van der Waals surface area contributed by atoms with Crippen LogP contribution in [0.3, 0.4) is 0 Å². The Bertz CT molecular complexity index is 1520. The highest BCUT2D eigenvalue weighted by Gasteiger charge is 2.43. The van der Waals surface area contributed by atoms with Crippen LogP contribution >= 0.6 is 7.67 Å². The van der Waals surface area contributed by atoms with Crippen molar-refractivity contribution in [2.24, 2.45) is 0 Å². The topological polar surface area (TPSA) is 208 Å². The highest BCUT2D eigenvalue weighted by molar-refractivity contribution is 7.53. The molecule has 0 amide bonds. The number of aryl methyl sites for hydroxylation is 1. The van der Waals surface area contributed by atoms with Gasteiger partial charge in [0.2, 0.25) is 0 Å².